The number of esters is 1. The standard InChI is InChI=1S/C23H22ClN5O6/c1-14(30)29(23(32)35-13-34-15(2)31)18-5-3-4-16(10-18)17-11-19-20(25-12-17)21(27-22(24)26-19)28-6-8-33-9-7-28/h3-5,10-12H,6-9,13H2,1-2H3. The molecule has 0 bridgehead atoms. The second-order valence-corrected chi connectivity index (χ2v) is 7.91. The van der Waals surface area contributed by atoms with E-state index < -0.39 is 24.8 Å². The predicted octanol–water partition coefficient (Wildman–Crippen LogP) is 3.19. The molecule has 2 aromatic heterocycles. The van der Waals surface area contributed by atoms with Crippen molar-refractivity contribution in [2.75, 3.05) is 42.9 Å². The van der Waals surface area contributed by atoms with Crippen molar-refractivity contribution in [3.63, 3.8) is 0 Å². The fraction of sp³-hybridized carbons (Fsp3) is 0.304. The van der Waals surface area contributed by atoms with E-state index in [9.17, 15) is 14.4 Å². The van der Waals surface area contributed by atoms with Crippen molar-refractivity contribution in [1.82, 2.24) is 15.0 Å². The van der Waals surface area contributed by atoms with Gasteiger partial charge in [-0.15, -0.1) is 0 Å². The summed E-state index contributed by atoms with van der Waals surface area (Å²) >= 11 is 6.20. The molecule has 0 saturated carbocycles. The molecule has 182 valence electrons. The number of carbonyl (C=O) groups excluding carboxylic acids is 3. The molecule has 35 heavy (non-hydrogen) atoms. The van der Waals surface area contributed by atoms with Gasteiger partial charge in [-0.1, -0.05) is 12.1 Å². The van der Waals surface area contributed by atoms with Crippen LogP contribution in [-0.4, -0.2) is 66.0 Å². The third-order valence-corrected chi connectivity index (χ3v) is 5.35. The number of benzene rings is 1. The van der Waals surface area contributed by atoms with Gasteiger partial charge in [-0.3, -0.25) is 14.6 Å². The lowest BCUT2D eigenvalue weighted by Gasteiger charge is -2.28. The number of ether oxygens (including phenoxy) is 3. The zero-order chi connectivity index (χ0) is 24.9. The monoisotopic (exact) mass is 499 g/mol. The van der Waals surface area contributed by atoms with E-state index in [-0.39, 0.29) is 11.0 Å². The van der Waals surface area contributed by atoms with Crippen LogP contribution in [-0.2, 0) is 23.8 Å². The number of hydrogen-bond acceptors (Lipinski definition) is 10. The Bertz CT molecular complexity index is 1280. The highest BCUT2D eigenvalue weighted by molar-refractivity contribution is 6.28. The Kier molecular flexibility index (Phi) is 7.37. The van der Waals surface area contributed by atoms with Crippen molar-refractivity contribution in [2.45, 2.75) is 13.8 Å². The highest BCUT2D eigenvalue weighted by Crippen LogP contribution is 2.30. The number of fused-ring (bicyclic) bond motifs is 1. The Morgan fingerprint density at radius 3 is 2.57 bits per heavy atom. The van der Waals surface area contributed by atoms with Crippen molar-refractivity contribution in [1.29, 1.82) is 0 Å². The molecule has 1 aromatic carbocycles. The molecule has 0 radical (unpaired) electrons. The molecule has 12 heteroatoms. The average Bonchev–Trinajstić information content (AvgIpc) is 2.83. The smallest absolute Gasteiger partial charge is 0.424 e. The molecular formula is C23H22ClN5O6. The molecule has 1 aliphatic heterocycles. The van der Waals surface area contributed by atoms with E-state index in [1.54, 1.807) is 30.5 Å². The van der Waals surface area contributed by atoms with Crippen molar-refractivity contribution in [2.24, 2.45) is 0 Å². The molecule has 1 fully saturated rings. The summed E-state index contributed by atoms with van der Waals surface area (Å²) in [6, 6.07) is 8.54. The van der Waals surface area contributed by atoms with Gasteiger partial charge in [-0.05, 0) is 35.4 Å². The van der Waals surface area contributed by atoms with Crippen LogP contribution >= 0.6 is 11.6 Å². The molecule has 1 saturated heterocycles. The molecule has 3 aromatic rings. The van der Waals surface area contributed by atoms with Crippen LogP contribution in [0.15, 0.2) is 36.5 Å². The van der Waals surface area contributed by atoms with Gasteiger partial charge in [-0.25, -0.2) is 14.7 Å². The van der Waals surface area contributed by atoms with Crippen LogP contribution in [0, 0.1) is 0 Å². The van der Waals surface area contributed by atoms with E-state index in [0.29, 0.717) is 54.3 Å². The van der Waals surface area contributed by atoms with E-state index in [4.69, 9.17) is 21.1 Å². The maximum absolute atomic E-state index is 12.4. The Morgan fingerprint density at radius 2 is 1.86 bits per heavy atom. The molecule has 0 unspecified atom stereocenters. The Labute approximate surface area is 205 Å². The summed E-state index contributed by atoms with van der Waals surface area (Å²) in [6.07, 6.45) is 0.696. The molecule has 11 nitrogen and oxygen atoms in total. The van der Waals surface area contributed by atoms with Gasteiger partial charge in [0, 0.05) is 38.7 Å². The fourth-order valence-corrected chi connectivity index (χ4v) is 3.77. The van der Waals surface area contributed by atoms with Gasteiger partial charge in [0.15, 0.2) is 5.82 Å². The van der Waals surface area contributed by atoms with Gasteiger partial charge >= 0.3 is 12.1 Å². The first kappa shape index (κ1) is 24.3. The van der Waals surface area contributed by atoms with Crippen LogP contribution in [0.2, 0.25) is 5.28 Å². The lowest BCUT2D eigenvalue weighted by Crippen LogP contribution is -2.37. The molecular weight excluding hydrogens is 478 g/mol. The molecule has 0 N–H and O–H groups in total. The molecule has 4 rings (SSSR count). The number of rotatable bonds is 5. The number of aromatic nitrogens is 3. The summed E-state index contributed by atoms with van der Waals surface area (Å²) in [6.45, 7) is 4.32. The molecule has 3 heterocycles. The number of carbonyl (C=O) groups is 3. The number of pyridine rings is 1. The van der Waals surface area contributed by atoms with Gasteiger partial charge in [0.2, 0.25) is 18.0 Å². The van der Waals surface area contributed by atoms with E-state index in [1.165, 1.54) is 13.8 Å². The van der Waals surface area contributed by atoms with E-state index in [2.05, 4.69) is 24.6 Å². The number of halogens is 1. The first-order valence-electron chi connectivity index (χ1n) is 10.7. The summed E-state index contributed by atoms with van der Waals surface area (Å²) in [5.74, 6) is -0.540. The number of anilines is 2. The molecule has 2 amide bonds. The average molecular weight is 500 g/mol. The molecule has 0 spiro atoms. The zero-order valence-electron chi connectivity index (χ0n) is 19.1. The number of nitrogens with zero attached hydrogens (tertiary/aromatic N) is 5. The summed E-state index contributed by atoms with van der Waals surface area (Å²) < 4.78 is 14.9. The zero-order valence-corrected chi connectivity index (χ0v) is 19.8. The van der Waals surface area contributed by atoms with Crippen LogP contribution in [0.1, 0.15) is 13.8 Å². The second-order valence-electron chi connectivity index (χ2n) is 7.58. The van der Waals surface area contributed by atoms with Crippen molar-refractivity contribution in [3.8, 4) is 11.1 Å². The normalized spacial score (nSPS) is 13.4. The van der Waals surface area contributed by atoms with Gasteiger partial charge in [0.25, 0.3) is 0 Å². The van der Waals surface area contributed by atoms with Gasteiger partial charge in [0.05, 0.1) is 24.4 Å². The second kappa shape index (κ2) is 10.6. The van der Waals surface area contributed by atoms with Gasteiger partial charge in [0.1, 0.15) is 5.52 Å². The summed E-state index contributed by atoms with van der Waals surface area (Å²) in [5.41, 5.74) is 2.81. The minimum Gasteiger partial charge on any atom is -0.428 e. The highest BCUT2D eigenvalue weighted by Gasteiger charge is 2.23. The predicted molar refractivity (Wildman–Crippen MR) is 127 cm³/mol. The van der Waals surface area contributed by atoms with Crippen LogP contribution < -0.4 is 9.80 Å². The number of morpholine rings is 1. The Hall–Kier alpha value is -3.83. The SMILES string of the molecule is CC(=O)OCOC(=O)N(C(C)=O)c1cccc(-c2cnc3c(N4CCOCC4)nc(Cl)nc3c2)c1. The Balaban J connectivity index is 1.65. The Morgan fingerprint density at radius 1 is 1.09 bits per heavy atom. The largest absolute Gasteiger partial charge is 0.428 e. The third kappa shape index (κ3) is 5.64. The minimum absolute atomic E-state index is 0.102. The third-order valence-electron chi connectivity index (χ3n) is 5.18. The number of imide groups is 1. The van der Waals surface area contributed by atoms with Crippen LogP contribution in [0.4, 0.5) is 16.3 Å². The van der Waals surface area contributed by atoms with Crippen LogP contribution in [0.3, 0.4) is 0 Å². The fourth-order valence-electron chi connectivity index (χ4n) is 3.60. The van der Waals surface area contributed by atoms with Crippen molar-refractivity contribution in [3.05, 3.63) is 41.8 Å². The lowest BCUT2D eigenvalue weighted by molar-refractivity contribution is -0.148. The molecule has 0 aliphatic carbocycles. The van der Waals surface area contributed by atoms with Crippen molar-refractivity contribution < 1.29 is 28.6 Å². The maximum Gasteiger partial charge on any atom is 0.424 e. The summed E-state index contributed by atoms with van der Waals surface area (Å²) in [5, 5.41) is 0.102. The van der Waals surface area contributed by atoms with Gasteiger partial charge < -0.3 is 19.1 Å². The number of hydrogen-bond donors (Lipinski definition) is 0. The van der Waals surface area contributed by atoms with Crippen LogP contribution in [0.5, 0.6) is 0 Å². The van der Waals surface area contributed by atoms with Crippen molar-refractivity contribution >= 4 is 52.1 Å². The molecule has 1 aliphatic rings. The topological polar surface area (TPSA) is 124 Å². The minimum atomic E-state index is -0.970. The van der Waals surface area contributed by atoms with E-state index >= 15 is 0 Å². The molecule has 0 atom stereocenters. The summed E-state index contributed by atoms with van der Waals surface area (Å²) in [4.78, 5) is 51.7. The van der Waals surface area contributed by atoms with E-state index in [0.717, 1.165) is 4.90 Å². The summed E-state index contributed by atoms with van der Waals surface area (Å²) in [7, 11) is 0. The maximum atomic E-state index is 12.4. The van der Waals surface area contributed by atoms with Crippen LogP contribution in [0.25, 0.3) is 22.2 Å². The van der Waals surface area contributed by atoms with Gasteiger partial charge in [-0.2, -0.15) is 4.98 Å². The lowest BCUT2D eigenvalue weighted by atomic mass is 10.1. The quantitative estimate of drug-likeness (QED) is 0.293. The highest BCUT2D eigenvalue weighted by atomic mass is 35.5. The first-order chi connectivity index (χ1) is 16.8. The van der Waals surface area contributed by atoms with E-state index in [1.807, 2.05) is 6.07 Å². The first-order valence-corrected chi connectivity index (χ1v) is 11.1. The number of amides is 2.